The molecule has 0 radical (unpaired) electrons. The molecule has 1 heterocycles. The third kappa shape index (κ3) is 4.38. The molecule has 1 aromatic heterocycles. The van der Waals surface area contributed by atoms with Gasteiger partial charge in [0.05, 0.1) is 16.0 Å². The average Bonchev–Trinajstić information content (AvgIpc) is 2.88. The zero-order chi connectivity index (χ0) is 15.5. The Morgan fingerprint density at radius 1 is 1.33 bits per heavy atom. The van der Waals surface area contributed by atoms with E-state index >= 15 is 0 Å². The highest BCUT2D eigenvalue weighted by Gasteiger charge is 2.16. The van der Waals surface area contributed by atoms with Crippen LogP contribution in [0.25, 0.3) is 6.08 Å². The van der Waals surface area contributed by atoms with E-state index in [0.717, 1.165) is 23.6 Å². The van der Waals surface area contributed by atoms with Gasteiger partial charge in [-0.2, -0.15) is 11.3 Å². The number of carbonyl (C=O) groups excluding carboxylic acids is 1. The summed E-state index contributed by atoms with van der Waals surface area (Å²) in [7, 11) is -3.96. The van der Waals surface area contributed by atoms with Gasteiger partial charge in [0.25, 0.3) is 15.9 Å². The molecule has 0 aliphatic carbocycles. The van der Waals surface area contributed by atoms with Crippen molar-refractivity contribution in [3.63, 3.8) is 0 Å². The molecule has 0 saturated carbocycles. The lowest BCUT2D eigenvalue weighted by Crippen LogP contribution is -2.29. The third-order valence-electron chi connectivity index (χ3n) is 2.39. The van der Waals surface area contributed by atoms with E-state index < -0.39 is 21.7 Å². The Labute approximate surface area is 129 Å². The maximum atomic E-state index is 12.9. The molecule has 0 saturated heterocycles. The van der Waals surface area contributed by atoms with Crippen molar-refractivity contribution in [1.82, 2.24) is 4.72 Å². The summed E-state index contributed by atoms with van der Waals surface area (Å²) in [6.07, 6.45) is 1.36. The van der Waals surface area contributed by atoms with E-state index in [4.69, 9.17) is 11.6 Å². The number of carbonyl (C=O) groups is 1. The van der Waals surface area contributed by atoms with Gasteiger partial charge in [-0.15, -0.1) is 0 Å². The van der Waals surface area contributed by atoms with Crippen LogP contribution >= 0.6 is 22.9 Å². The first kappa shape index (κ1) is 15.7. The standard InChI is InChI=1S/C13H9ClFNO3S2/c14-12-7-10(15)1-2-11(12)13(17)16-21(18,19)6-4-9-3-5-20-8-9/h1-8H,(H,16,17)/b6-4+. The monoisotopic (exact) mass is 345 g/mol. The van der Waals surface area contributed by atoms with Crippen LogP contribution in [-0.2, 0) is 10.0 Å². The Morgan fingerprint density at radius 2 is 2.10 bits per heavy atom. The van der Waals surface area contributed by atoms with Crippen molar-refractivity contribution in [3.05, 3.63) is 62.4 Å². The van der Waals surface area contributed by atoms with Gasteiger partial charge < -0.3 is 0 Å². The van der Waals surface area contributed by atoms with E-state index in [1.54, 1.807) is 16.8 Å². The molecule has 21 heavy (non-hydrogen) atoms. The molecule has 4 nitrogen and oxygen atoms in total. The van der Waals surface area contributed by atoms with Crippen LogP contribution in [0.4, 0.5) is 4.39 Å². The molecule has 1 N–H and O–H groups in total. The third-order valence-corrected chi connectivity index (χ3v) is 4.37. The molecule has 1 aromatic carbocycles. The van der Waals surface area contributed by atoms with Crippen LogP contribution in [0.1, 0.15) is 15.9 Å². The summed E-state index contributed by atoms with van der Waals surface area (Å²) >= 11 is 7.12. The molecule has 0 spiro atoms. The minimum Gasteiger partial charge on any atom is -0.268 e. The number of rotatable bonds is 4. The van der Waals surface area contributed by atoms with E-state index in [2.05, 4.69) is 0 Å². The fourth-order valence-electron chi connectivity index (χ4n) is 1.43. The number of halogens is 2. The second kappa shape index (κ2) is 6.38. The van der Waals surface area contributed by atoms with Crippen LogP contribution in [0.15, 0.2) is 40.4 Å². The van der Waals surface area contributed by atoms with Crippen LogP contribution in [0.5, 0.6) is 0 Å². The number of benzene rings is 1. The summed E-state index contributed by atoms with van der Waals surface area (Å²) in [6.45, 7) is 0. The van der Waals surface area contributed by atoms with E-state index in [9.17, 15) is 17.6 Å². The van der Waals surface area contributed by atoms with Gasteiger partial charge in [-0.1, -0.05) is 11.6 Å². The summed E-state index contributed by atoms with van der Waals surface area (Å²) in [5, 5.41) is 4.27. The maximum Gasteiger partial charge on any atom is 0.266 e. The maximum absolute atomic E-state index is 12.9. The zero-order valence-electron chi connectivity index (χ0n) is 10.4. The molecule has 110 valence electrons. The molecular formula is C13H9ClFNO3S2. The molecule has 2 rings (SSSR count). The number of nitrogens with one attached hydrogen (secondary N) is 1. The topological polar surface area (TPSA) is 63.2 Å². The molecular weight excluding hydrogens is 337 g/mol. The Bertz CT molecular complexity index is 786. The molecule has 0 atom stereocenters. The van der Waals surface area contributed by atoms with Crippen molar-refractivity contribution < 1.29 is 17.6 Å². The largest absolute Gasteiger partial charge is 0.268 e. The first-order valence-corrected chi connectivity index (χ1v) is 8.46. The van der Waals surface area contributed by atoms with Crippen molar-refractivity contribution in [2.45, 2.75) is 0 Å². The minimum atomic E-state index is -3.96. The second-order valence-electron chi connectivity index (χ2n) is 3.96. The Balaban J connectivity index is 2.14. The molecule has 0 aliphatic heterocycles. The first-order valence-electron chi connectivity index (χ1n) is 5.60. The molecule has 0 unspecified atom stereocenters. The summed E-state index contributed by atoms with van der Waals surface area (Å²) in [4.78, 5) is 11.8. The molecule has 0 fully saturated rings. The van der Waals surface area contributed by atoms with Gasteiger partial charge in [0.2, 0.25) is 0 Å². The minimum absolute atomic E-state index is 0.120. The zero-order valence-corrected chi connectivity index (χ0v) is 12.8. The lowest BCUT2D eigenvalue weighted by Gasteiger charge is -2.05. The number of thiophene rings is 1. The lowest BCUT2D eigenvalue weighted by atomic mass is 10.2. The second-order valence-corrected chi connectivity index (χ2v) is 6.71. The van der Waals surface area contributed by atoms with E-state index in [1.807, 2.05) is 4.72 Å². The van der Waals surface area contributed by atoms with E-state index in [1.165, 1.54) is 17.4 Å². The van der Waals surface area contributed by atoms with Crippen LogP contribution in [0, 0.1) is 5.82 Å². The smallest absolute Gasteiger partial charge is 0.266 e. The highest BCUT2D eigenvalue weighted by Crippen LogP contribution is 2.17. The Hall–Kier alpha value is -1.70. The molecule has 8 heteroatoms. The number of hydrogen-bond donors (Lipinski definition) is 1. The molecule has 2 aromatic rings. The predicted molar refractivity (Wildman–Crippen MR) is 81.1 cm³/mol. The lowest BCUT2D eigenvalue weighted by molar-refractivity contribution is 0.0982. The molecule has 0 bridgehead atoms. The highest BCUT2D eigenvalue weighted by molar-refractivity contribution is 7.93. The normalized spacial score (nSPS) is 11.7. The Kier molecular flexibility index (Phi) is 4.76. The van der Waals surface area contributed by atoms with Gasteiger partial charge in [0.15, 0.2) is 0 Å². The fraction of sp³-hybridized carbons (Fsp3) is 0. The summed E-state index contributed by atoms with van der Waals surface area (Å²) in [5.74, 6) is -1.54. The summed E-state index contributed by atoms with van der Waals surface area (Å²) < 4.78 is 38.2. The van der Waals surface area contributed by atoms with Gasteiger partial charge in [0.1, 0.15) is 5.82 Å². The van der Waals surface area contributed by atoms with Crippen molar-refractivity contribution in [2.24, 2.45) is 0 Å². The first-order chi connectivity index (χ1) is 9.87. The van der Waals surface area contributed by atoms with Gasteiger partial charge in [-0.3, -0.25) is 4.79 Å². The van der Waals surface area contributed by atoms with E-state index in [0.29, 0.717) is 5.56 Å². The Morgan fingerprint density at radius 3 is 2.71 bits per heavy atom. The number of amides is 1. The van der Waals surface area contributed by atoms with Gasteiger partial charge in [-0.25, -0.2) is 17.5 Å². The molecule has 0 aliphatic rings. The van der Waals surface area contributed by atoms with Crippen LogP contribution in [0.2, 0.25) is 5.02 Å². The SMILES string of the molecule is O=C(NS(=O)(=O)/C=C/c1ccsc1)c1ccc(F)cc1Cl. The quantitative estimate of drug-likeness (QED) is 0.925. The summed E-state index contributed by atoms with van der Waals surface area (Å²) in [6, 6.07) is 4.80. The van der Waals surface area contributed by atoms with Crippen molar-refractivity contribution >= 4 is 44.9 Å². The van der Waals surface area contributed by atoms with Crippen molar-refractivity contribution in [3.8, 4) is 0 Å². The van der Waals surface area contributed by atoms with Gasteiger partial charge in [-0.05, 0) is 46.7 Å². The molecule has 1 amide bonds. The van der Waals surface area contributed by atoms with Crippen LogP contribution < -0.4 is 4.72 Å². The van der Waals surface area contributed by atoms with Gasteiger partial charge >= 0.3 is 0 Å². The van der Waals surface area contributed by atoms with Gasteiger partial charge in [0, 0.05) is 0 Å². The predicted octanol–water partition coefficient (Wildman–Crippen LogP) is 3.27. The van der Waals surface area contributed by atoms with E-state index in [-0.39, 0.29) is 10.6 Å². The fourth-order valence-corrected chi connectivity index (χ4v) is 3.08. The highest BCUT2D eigenvalue weighted by atomic mass is 35.5. The average molecular weight is 346 g/mol. The number of hydrogen-bond acceptors (Lipinski definition) is 4. The van der Waals surface area contributed by atoms with Crippen molar-refractivity contribution in [2.75, 3.05) is 0 Å². The van der Waals surface area contributed by atoms with Crippen molar-refractivity contribution in [1.29, 1.82) is 0 Å². The van der Waals surface area contributed by atoms with Crippen LogP contribution in [0.3, 0.4) is 0 Å². The van der Waals surface area contributed by atoms with Crippen LogP contribution in [-0.4, -0.2) is 14.3 Å². The summed E-state index contributed by atoms with van der Waals surface area (Å²) in [5.41, 5.74) is 0.586. The number of sulfonamides is 1.